The molecule has 0 atom stereocenters. The average molecular weight is 693 g/mol. The first-order valence-corrected chi connectivity index (χ1v) is 17.8. The summed E-state index contributed by atoms with van der Waals surface area (Å²) >= 11 is 10.8. The summed E-state index contributed by atoms with van der Waals surface area (Å²) in [7, 11) is 12.3. The van der Waals surface area contributed by atoms with Gasteiger partial charge in [-0.25, -0.2) is 9.59 Å². The molecule has 37 heavy (non-hydrogen) atoms. The van der Waals surface area contributed by atoms with Crippen LogP contribution in [0.5, 0.6) is 0 Å². The van der Waals surface area contributed by atoms with Gasteiger partial charge in [-0.1, -0.05) is 23.2 Å². The van der Waals surface area contributed by atoms with E-state index in [4.69, 9.17) is 51.9 Å². The first-order valence-electron chi connectivity index (χ1n) is 9.78. The molecule has 2 N–H and O–H groups in total. The van der Waals surface area contributed by atoms with E-state index in [-0.39, 0.29) is 22.2 Å². The van der Waals surface area contributed by atoms with Crippen LogP contribution in [0.25, 0.3) is 21.8 Å². The minimum absolute atomic E-state index is 0.0859. The number of carbonyl (C=O) groups is 2. The van der Waals surface area contributed by atoms with Crippen molar-refractivity contribution >= 4 is 93.7 Å². The van der Waals surface area contributed by atoms with Gasteiger partial charge in [-0.2, -0.15) is 0 Å². The van der Waals surface area contributed by atoms with Crippen molar-refractivity contribution in [2.75, 3.05) is 14.2 Å². The second-order valence-corrected chi connectivity index (χ2v) is 12.0. The van der Waals surface area contributed by atoms with Crippen LogP contribution in [0, 0.1) is 21.2 Å². The standard InChI is InChI=1S/2C11H8ClN2O3.2ClH.Sn/c2*1-17-11(15)8-5-6-4-7(12)2-3-9(6)14(16)10(8)13;;;/h2*2-5,13H,1H3;2*1H;/q2*-1;;;+4/p-2. The number of benzene rings is 2. The summed E-state index contributed by atoms with van der Waals surface area (Å²) in [4.78, 5) is 22.8. The van der Waals surface area contributed by atoms with Crippen LogP contribution in [0.3, 0.4) is 0 Å². The molecule has 0 bridgehead atoms. The number of nitrogens with one attached hydrogen (secondary N) is 2. The third-order valence-electron chi connectivity index (χ3n) is 4.74. The summed E-state index contributed by atoms with van der Waals surface area (Å²) in [5.74, 6) is -1.44. The number of halogens is 4. The Kier molecular flexibility index (Phi) is 11.4. The Morgan fingerprint density at radius 1 is 0.757 bits per heavy atom. The first kappa shape index (κ1) is 30.6. The van der Waals surface area contributed by atoms with E-state index in [0.717, 1.165) is 0 Å². The molecule has 0 unspecified atom stereocenters. The Balaban J connectivity index is 0.000000235. The summed E-state index contributed by atoms with van der Waals surface area (Å²) in [5, 5.41) is 40.6. The van der Waals surface area contributed by atoms with E-state index in [1.165, 1.54) is 38.5 Å². The van der Waals surface area contributed by atoms with Gasteiger partial charge in [0.1, 0.15) is 22.1 Å². The van der Waals surface area contributed by atoms with Crippen molar-refractivity contribution in [3.05, 3.63) is 91.1 Å². The topological polar surface area (TPSA) is 156 Å². The molecule has 0 saturated carbocycles. The van der Waals surface area contributed by atoms with Crippen LogP contribution in [0.15, 0.2) is 48.5 Å². The van der Waals surface area contributed by atoms with E-state index >= 15 is 0 Å². The zero-order valence-electron chi connectivity index (χ0n) is 19.0. The number of carbonyl (C=O) groups excluding carboxylic acids is 2. The number of hydrogen-bond acceptors (Lipinski definition) is 8. The summed E-state index contributed by atoms with van der Waals surface area (Å²) < 4.78 is 9.76. The number of rotatable bonds is 2. The Bertz CT molecular complexity index is 1470. The molecule has 10 nitrogen and oxygen atoms in total. The molecule has 0 radical (unpaired) electrons. The fourth-order valence-corrected chi connectivity index (χ4v) is 3.45. The van der Waals surface area contributed by atoms with Crippen LogP contribution in [-0.2, 0) is 9.47 Å². The Morgan fingerprint density at radius 3 is 1.38 bits per heavy atom. The SMILES string of the molecule is COC(=O)c1cc2cc(Cl)ccc2n([O-])c1=N.COC(=O)c1cc2cc(Cl)ccc2n([O-])c1=N.[Cl][Sn+2][Cl]. The number of hydrogen-bond donors (Lipinski definition) is 2. The van der Waals surface area contributed by atoms with Crippen LogP contribution in [-0.4, -0.2) is 54.5 Å². The molecule has 192 valence electrons. The normalized spacial score (nSPS) is 9.89. The molecular weight excluding hydrogens is 677 g/mol. The van der Waals surface area contributed by atoms with Crippen LogP contribution in [0.2, 0.25) is 10.0 Å². The van der Waals surface area contributed by atoms with Gasteiger partial charge in [-0.05, 0) is 48.5 Å². The zero-order valence-corrected chi connectivity index (χ0v) is 24.9. The van der Waals surface area contributed by atoms with Gasteiger partial charge in [-0.3, -0.25) is 10.8 Å². The third kappa shape index (κ3) is 7.23. The number of esters is 2. The molecule has 2 aromatic carbocycles. The van der Waals surface area contributed by atoms with Crippen molar-refractivity contribution in [2.45, 2.75) is 0 Å². The molecule has 15 heteroatoms. The predicted molar refractivity (Wildman–Crippen MR) is 143 cm³/mol. The van der Waals surface area contributed by atoms with Gasteiger partial charge in [0.25, 0.3) is 0 Å². The molecule has 2 aromatic heterocycles. The molecule has 0 saturated heterocycles. The number of ether oxygens (including phenoxy) is 2. The van der Waals surface area contributed by atoms with Crippen LogP contribution < -0.4 is 11.0 Å². The van der Waals surface area contributed by atoms with E-state index < -0.39 is 41.8 Å². The number of methoxy groups -OCH3 is 2. The summed E-state index contributed by atoms with van der Waals surface area (Å²) in [6.07, 6.45) is 0. The van der Waals surface area contributed by atoms with Crippen molar-refractivity contribution in [1.29, 1.82) is 10.8 Å². The van der Waals surface area contributed by atoms with Crippen LogP contribution in [0.1, 0.15) is 20.7 Å². The number of aromatic nitrogens is 2. The number of nitrogens with zero attached hydrogens (tertiary/aromatic N) is 2. The monoisotopic (exact) mass is 692 g/mol. The molecule has 0 amide bonds. The molecule has 2 heterocycles. The summed E-state index contributed by atoms with van der Waals surface area (Å²) in [5.41, 5.74) is -0.480. The van der Waals surface area contributed by atoms with Gasteiger partial charge in [0.15, 0.2) is 0 Å². The van der Waals surface area contributed by atoms with Gasteiger partial charge in [-0.15, -0.1) is 0 Å². The van der Waals surface area contributed by atoms with Crippen molar-refractivity contribution in [3.8, 4) is 0 Å². The maximum absolute atomic E-state index is 11.8. The molecule has 4 rings (SSSR count). The Hall–Kier alpha value is -2.64. The van der Waals surface area contributed by atoms with Crippen molar-refractivity contribution in [1.82, 2.24) is 9.46 Å². The summed E-state index contributed by atoms with van der Waals surface area (Å²) in [6.45, 7) is 0. The zero-order chi connectivity index (χ0) is 27.9. The molecular formula is C22H16Cl4N4O6Sn. The molecule has 0 aliphatic rings. The fourth-order valence-electron chi connectivity index (χ4n) is 3.09. The predicted octanol–water partition coefficient (Wildman–Crippen LogP) is 4.81. The first-order chi connectivity index (χ1) is 17.5. The van der Waals surface area contributed by atoms with Gasteiger partial charge >= 0.3 is 48.7 Å². The molecule has 4 aromatic rings. The summed E-state index contributed by atoms with van der Waals surface area (Å²) in [6, 6.07) is 12.1. The molecule has 0 spiro atoms. The van der Waals surface area contributed by atoms with E-state index in [9.17, 15) is 20.0 Å². The quantitative estimate of drug-likeness (QED) is 0.227. The van der Waals surface area contributed by atoms with Crippen molar-refractivity contribution in [2.24, 2.45) is 0 Å². The Morgan fingerprint density at radius 2 is 1.08 bits per heavy atom. The maximum atomic E-state index is 11.8. The molecule has 0 fully saturated rings. The molecule has 0 aliphatic heterocycles. The van der Waals surface area contributed by atoms with E-state index in [0.29, 0.717) is 30.3 Å². The number of fused-ring (bicyclic) bond motifs is 2. The van der Waals surface area contributed by atoms with E-state index in [1.807, 2.05) is 0 Å². The Labute approximate surface area is 237 Å². The van der Waals surface area contributed by atoms with Gasteiger partial charge in [0.05, 0.1) is 14.2 Å². The fraction of sp³-hybridized carbons (Fsp3) is 0.0909. The minimum atomic E-state index is -0.826. The molecule has 0 aliphatic carbocycles. The van der Waals surface area contributed by atoms with Crippen molar-refractivity contribution in [3.63, 3.8) is 0 Å². The average Bonchev–Trinajstić information content (AvgIpc) is 2.88. The van der Waals surface area contributed by atoms with Gasteiger partial charge in [0, 0.05) is 31.9 Å². The van der Waals surface area contributed by atoms with Gasteiger partial charge in [0.2, 0.25) is 0 Å². The van der Waals surface area contributed by atoms with Crippen LogP contribution in [0.4, 0.5) is 0 Å². The van der Waals surface area contributed by atoms with Crippen LogP contribution >= 0.6 is 41.0 Å². The van der Waals surface area contributed by atoms with E-state index in [1.54, 1.807) is 24.3 Å². The van der Waals surface area contributed by atoms with Gasteiger partial charge < -0.3 is 29.3 Å². The number of pyridine rings is 2. The second-order valence-electron chi connectivity index (χ2n) is 6.86. The second kappa shape index (κ2) is 13.8. The van der Waals surface area contributed by atoms with Crippen molar-refractivity contribution < 1.29 is 19.1 Å². The van der Waals surface area contributed by atoms with E-state index in [2.05, 4.69) is 9.47 Å². The third-order valence-corrected chi connectivity index (χ3v) is 5.21.